The highest BCUT2D eigenvalue weighted by Gasteiger charge is 2.32. The highest BCUT2D eigenvalue weighted by molar-refractivity contribution is 6.33. The summed E-state index contributed by atoms with van der Waals surface area (Å²) in [6, 6.07) is 4.23. The van der Waals surface area contributed by atoms with E-state index in [0.717, 1.165) is 12.8 Å². The molecule has 1 amide bonds. The third kappa shape index (κ3) is 3.08. The number of para-hydroxylation sites is 1. The van der Waals surface area contributed by atoms with Crippen LogP contribution in [-0.2, 0) is 0 Å². The SMILES string of the molecule is CN(CC(O)C1CC1)C(=O)c1cccc(Cl)c1[N+](=O)[O-]. The molecule has 1 aromatic rings. The van der Waals surface area contributed by atoms with Crippen LogP contribution in [0.15, 0.2) is 18.2 Å². The molecular weight excluding hydrogens is 284 g/mol. The first-order valence-electron chi connectivity index (χ1n) is 6.28. The minimum Gasteiger partial charge on any atom is -0.391 e. The van der Waals surface area contributed by atoms with Gasteiger partial charge in [0.1, 0.15) is 10.6 Å². The number of aliphatic hydroxyl groups is 1. The van der Waals surface area contributed by atoms with Crippen molar-refractivity contribution in [2.45, 2.75) is 18.9 Å². The third-order valence-corrected chi connectivity index (χ3v) is 3.68. The lowest BCUT2D eigenvalue weighted by atomic mass is 10.1. The Labute approximate surface area is 121 Å². The van der Waals surface area contributed by atoms with E-state index in [1.807, 2.05) is 0 Å². The number of halogens is 1. The summed E-state index contributed by atoms with van der Waals surface area (Å²) in [6.07, 6.45) is 1.34. The van der Waals surface area contributed by atoms with Crippen LogP contribution in [0.25, 0.3) is 0 Å². The van der Waals surface area contributed by atoms with Gasteiger partial charge in [-0.05, 0) is 30.9 Å². The zero-order chi connectivity index (χ0) is 14.9. The summed E-state index contributed by atoms with van der Waals surface area (Å²) < 4.78 is 0. The van der Waals surface area contributed by atoms with E-state index < -0.39 is 22.6 Å². The van der Waals surface area contributed by atoms with Crippen LogP contribution >= 0.6 is 11.6 Å². The zero-order valence-corrected chi connectivity index (χ0v) is 11.7. The first-order valence-corrected chi connectivity index (χ1v) is 6.66. The van der Waals surface area contributed by atoms with Crippen LogP contribution in [0, 0.1) is 16.0 Å². The highest BCUT2D eigenvalue weighted by atomic mass is 35.5. The molecule has 1 atom stereocenters. The van der Waals surface area contributed by atoms with Crippen molar-refractivity contribution in [3.05, 3.63) is 38.9 Å². The van der Waals surface area contributed by atoms with Gasteiger partial charge in [-0.1, -0.05) is 17.7 Å². The Morgan fingerprint density at radius 3 is 2.80 bits per heavy atom. The summed E-state index contributed by atoms with van der Waals surface area (Å²) in [5.74, 6) is -0.279. The number of carbonyl (C=O) groups excluding carboxylic acids is 1. The van der Waals surface area contributed by atoms with Crippen LogP contribution in [0.5, 0.6) is 0 Å². The molecule has 0 aromatic heterocycles. The van der Waals surface area contributed by atoms with Crippen LogP contribution in [0.3, 0.4) is 0 Å². The molecule has 6 nitrogen and oxygen atoms in total. The summed E-state index contributed by atoms with van der Waals surface area (Å²) in [5, 5.41) is 20.8. The second kappa shape index (κ2) is 5.76. The Hall–Kier alpha value is -1.66. The van der Waals surface area contributed by atoms with Gasteiger partial charge in [-0.3, -0.25) is 14.9 Å². The molecule has 108 valence electrons. The Kier molecular flexibility index (Phi) is 4.25. The zero-order valence-electron chi connectivity index (χ0n) is 11.0. The van der Waals surface area contributed by atoms with Crippen LogP contribution in [0.1, 0.15) is 23.2 Å². The maximum Gasteiger partial charge on any atom is 0.300 e. The van der Waals surface area contributed by atoms with E-state index in [0.29, 0.717) is 0 Å². The van der Waals surface area contributed by atoms with Crippen molar-refractivity contribution in [1.82, 2.24) is 4.90 Å². The lowest BCUT2D eigenvalue weighted by Gasteiger charge is -2.20. The normalized spacial score (nSPS) is 15.8. The fraction of sp³-hybridized carbons (Fsp3) is 0.462. The average molecular weight is 299 g/mol. The molecule has 0 heterocycles. The Morgan fingerprint density at radius 2 is 2.25 bits per heavy atom. The molecule has 1 fully saturated rings. The minimum atomic E-state index is -0.666. The molecule has 2 rings (SSSR count). The number of aliphatic hydroxyl groups excluding tert-OH is 1. The smallest absolute Gasteiger partial charge is 0.300 e. The van der Waals surface area contributed by atoms with Crippen molar-refractivity contribution in [2.24, 2.45) is 5.92 Å². The van der Waals surface area contributed by atoms with Gasteiger partial charge in [0, 0.05) is 13.6 Å². The Balaban J connectivity index is 2.19. The largest absolute Gasteiger partial charge is 0.391 e. The van der Waals surface area contributed by atoms with E-state index in [4.69, 9.17) is 11.6 Å². The number of nitro benzene ring substituents is 1. The number of likely N-dealkylation sites (N-methyl/N-ethyl adjacent to an activating group) is 1. The first-order chi connectivity index (χ1) is 9.41. The average Bonchev–Trinajstić information content (AvgIpc) is 3.21. The van der Waals surface area contributed by atoms with Crippen molar-refractivity contribution in [3.63, 3.8) is 0 Å². The fourth-order valence-corrected chi connectivity index (χ4v) is 2.32. The predicted molar refractivity (Wildman–Crippen MR) is 73.8 cm³/mol. The van der Waals surface area contributed by atoms with Crippen molar-refractivity contribution < 1.29 is 14.8 Å². The van der Waals surface area contributed by atoms with Gasteiger partial charge in [0.2, 0.25) is 0 Å². The number of carbonyl (C=O) groups is 1. The first kappa shape index (κ1) is 14.7. The summed E-state index contributed by atoms with van der Waals surface area (Å²) in [4.78, 5) is 23.9. The molecule has 7 heteroatoms. The van der Waals surface area contributed by atoms with Gasteiger partial charge in [-0.2, -0.15) is 0 Å². The van der Waals surface area contributed by atoms with E-state index in [9.17, 15) is 20.0 Å². The van der Waals surface area contributed by atoms with Crippen molar-refractivity contribution in [2.75, 3.05) is 13.6 Å². The third-order valence-electron chi connectivity index (χ3n) is 3.37. The second-order valence-corrected chi connectivity index (χ2v) is 5.39. The number of nitrogens with zero attached hydrogens (tertiary/aromatic N) is 2. The van der Waals surface area contributed by atoms with Gasteiger partial charge >= 0.3 is 5.69 Å². The lowest BCUT2D eigenvalue weighted by molar-refractivity contribution is -0.385. The van der Waals surface area contributed by atoms with Crippen molar-refractivity contribution in [1.29, 1.82) is 0 Å². The molecule has 1 aliphatic carbocycles. The van der Waals surface area contributed by atoms with E-state index in [2.05, 4.69) is 0 Å². The lowest BCUT2D eigenvalue weighted by Crippen LogP contribution is -2.35. The highest BCUT2D eigenvalue weighted by Crippen LogP contribution is 2.33. The molecule has 1 aliphatic rings. The van der Waals surface area contributed by atoms with E-state index >= 15 is 0 Å². The maximum atomic E-state index is 12.3. The number of nitro groups is 1. The molecule has 1 N–H and O–H groups in total. The van der Waals surface area contributed by atoms with E-state index in [1.54, 1.807) is 0 Å². The Bertz CT molecular complexity index is 545. The monoisotopic (exact) mass is 298 g/mol. The molecule has 1 saturated carbocycles. The molecule has 1 aromatic carbocycles. The van der Waals surface area contributed by atoms with Gasteiger partial charge in [0.15, 0.2) is 0 Å². The van der Waals surface area contributed by atoms with E-state index in [-0.39, 0.29) is 23.0 Å². The molecule has 0 bridgehead atoms. The molecule has 20 heavy (non-hydrogen) atoms. The predicted octanol–water partition coefficient (Wildman–Crippen LogP) is 2.09. The van der Waals surface area contributed by atoms with Gasteiger partial charge < -0.3 is 10.0 Å². The molecular formula is C13H15ClN2O4. The minimum absolute atomic E-state index is 0.0620. The molecule has 0 saturated heterocycles. The molecule has 0 spiro atoms. The quantitative estimate of drug-likeness (QED) is 0.666. The number of benzene rings is 1. The molecule has 0 radical (unpaired) electrons. The van der Waals surface area contributed by atoms with Crippen LogP contribution < -0.4 is 0 Å². The Morgan fingerprint density at radius 1 is 1.60 bits per heavy atom. The summed E-state index contributed by atoms with van der Waals surface area (Å²) in [7, 11) is 1.51. The standard InChI is InChI=1S/C13H15ClN2O4/c1-15(7-11(17)8-5-6-8)13(18)9-3-2-4-10(14)12(9)16(19)20/h2-4,8,11,17H,5-7H2,1H3. The van der Waals surface area contributed by atoms with E-state index in [1.165, 1.54) is 30.1 Å². The van der Waals surface area contributed by atoms with Gasteiger partial charge in [-0.25, -0.2) is 0 Å². The van der Waals surface area contributed by atoms with Crippen molar-refractivity contribution >= 4 is 23.2 Å². The van der Waals surface area contributed by atoms with Gasteiger partial charge in [-0.15, -0.1) is 0 Å². The van der Waals surface area contributed by atoms with Crippen LogP contribution in [0.4, 0.5) is 5.69 Å². The molecule has 1 unspecified atom stereocenters. The number of hydrogen-bond acceptors (Lipinski definition) is 4. The second-order valence-electron chi connectivity index (χ2n) is 4.98. The fourth-order valence-electron chi connectivity index (χ4n) is 2.07. The summed E-state index contributed by atoms with van der Waals surface area (Å²) >= 11 is 5.78. The summed E-state index contributed by atoms with van der Waals surface area (Å²) in [6.45, 7) is 0.160. The van der Waals surface area contributed by atoms with Crippen LogP contribution in [-0.4, -0.2) is 40.5 Å². The van der Waals surface area contributed by atoms with Crippen LogP contribution in [0.2, 0.25) is 5.02 Å². The van der Waals surface area contributed by atoms with Gasteiger partial charge in [0.25, 0.3) is 5.91 Å². The summed E-state index contributed by atoms with van der Waals surface area (Å²) in [5.41, 5.74) is -0.458. The number of rotatable bonds is 5. The number of hydrogen-bond donors (Lipinski definition) is 1. The molecule has 0 aliphatic heterocycles. The van der Waals surface area contributed by atoms with Crippen molar-refractivity contribution in [3.8, 4) is 0 Å². The topological polar surface area (TPSA) is 83.7 Å². The van der Waals surface area contributed by atoms with Gasteiger partial charge in [0.05, 0.1) is 11.0 Å². The number of amides is 1. The maximum absolute atomic E-state index is 12.3.